The molecule has 10 heteroatoms. The van der Waals surface area contributed by atoms with E-state index in [1.807, 2.05) is 6.92 Å². The molecule has 4 heterocycles. The molecule has 0 aromatic carbocycles. The molecular weight excluding hydrogens is 408 g/mol. The number of piperidine rings is 1. The summed E-state index contributed by atoms with van der Waals surface area (Å²) in [5, 5.41) is 29.5. The van der Waals surface area contributed by atoms with Gasteiger partial charge in [-0.05, 0) is 39.3 Å². The van der Waals surface area contributed by atoms with Crippen molar-refractivity contribution in [1.29, 1.82) is 0 Å². The number of hydrogen-bond acceptors (Lipinski definition) is 7. The minimum Gasteiger partial charge on any atom is -0.477 e. The largest absolute Gasteiger partial charge is 0.477 e. The highest BCUT2D eigenvalue weighted by molar-refractivity contribution is 8.03. The third-order valence-corrected chi connectivity index (χ3v) is 8.23. The number of amides is 2. The number of aliphatic carboxylic acids is 1. The predicted molar refractivity (Wildman–Crippen MR) is 111 cm³/mol. The number of carbonyl (C=O) groups is 3. The zero-order chi connectivity index (χ0) is 21.6. The van der Waals surface area contributed by atoms with Gasteiger partial charge in [-0.2, -0.15) is 0 Å². The van der Waals surface area contributed by atoms with Gasteiger partial charge in [0, 0.05) is 28.5 Å². The van der Waals surface area contributed by atoms with E-state index in [4.69, 9.17) is 0 Å². The summed E-state index contributed by atoms with van der Waals surface area (Å²) in [5.41, 5.74) is 0.0570. The second-order valence-electron chi connectivity index (χ2n) is 8.74. The van der Waals surface area contributed by atoms with Crippen LogP contribution in [0.5, 0.6) is 0 Å². The van der Waals surface area contributed by atoms with Crippen LogP contribution in [0.15, 0.2) is 10.6 Å². The van der Waals surface area contributed by atoms with Crippen LogP contribution in [0.2, 0.25) is 0 Å². The Labute approximate surface area is 180 Å². The van der Waals surface area contributed by atoms with Crippen LogP contribution < -0.4 is 16.0 Å². The number of carboxylic acid groups (broad SMARTS) is 1. The smallest absolute Gasteiger partial charge is 0.353 e. The summed E-state index contributed by atoms with van der Waals surface area (Å²) in [5.74, 6) is -1.98. The van der Waals surface area contributed by atoms with E-state index in [-0.39, 0.29) is 46.8 Å². The summed E-state index contributed by atoms with van der Waals surface area (Å²) in [6.07, 6.45) is 1.46. The summed E-state index contributed by atoms with van der Waals surface area (Å²) in [4.78, 5) is 38.9. The predicted octanol–water partition coefficient (Wildman–Crippen LogP) is -0.323. The van der Waals surface area contributed by atoms with Gasteiger partial charge in [0.15, 0.2) is 0 Å². The third-order valence-electron chi connectivity index (χ3n) is 6.72. The number of carbonyl (C=O) groups excluding carboxylic acids is 2. The van der Waals surface area contributed by atoms with Crippen LogP contribution in [0.3, 0.4) is 0 Å². The van der Waals surface area contributed by atoms with Crippen LogP contribution >= 0.6 is 11.8 Å². The van der Waals surface area contributed by atoms with Gasteiger partial charge in [0.2, 0.25) is 11.8 Å². The van der Waals surface area contributed by atoms with E-state index in [9.17, 15) is 24.6 Å². The quantitative estimate of drug-likeness (QED) is 0.357. The van der Waals surface area contributed by atoms with Crippen molar-refractivity contribution in [2.45, 2.75) is 56.7 Å². The lowest BCUT2D eigenvalue weighted by atomic mass is 9.79. The van der Waals surface area contributed by atoms with Crippen molar-refractivity contribution in [2.75, 3.05) is 19.6 Å². The molecule has 0 bridgehead atoms. The van der Waals surface area contributed by atoms with Gasteiger partial charge in [-0.15, -0.1) is 11.8 Å². The number of aliphatic hydroxyl groups is 1. The van der Waals surface area contributed by atoms with Gasteiger partial charge in [0.05, 0.1) is 24.2 Å². The Morgan fingerprint density at radius 1 is 1.30 bits per heavy atom. The van der Waals surface area contributed by atoms with Gasteiger partial charge in [-0.3, -0.25) is 14.9 Å². The number of aliphatic hydroxyl groups excluding tert-OH is 1. The van der Waals surface area contributed by atoms with Crippen molar-refractivity contribution in [2.24, 2.45) is 17.8 Å². The topological polar surface area (TPSA) is 131 Å². The minimum absolute atomic E-state index is 0.0442. The Hall–Kier alpha value is -1.62. The molecule has 2 amide bonds. The van der Waals surface area contributed by atoms with Gasteiger partial charge in [-0.25, -0.2) is 4.79 Å². The number of nitrogens with one attached hydrogen (secondary N) is 3. The number of carboxylic acids is 1. The Balaban J connectivity index is 1.40. The first-order valence-electron chi connectivity index (χ1n) is 10.7. The van der Waals surface area contributed by atoms with Crippen LogP contribution in [-0.2, 0) is 14.4 Å². The molecule has 5 N–H and O–H groups in total. The first kappa shape index (κ1) is 21.6. The summed E-state index contributed by atoms with van der Waals surface area (Å²) < 4.78 is 0. The van der Waals surface area contributed by atoms with Crippen LogP contribution in [0.25, 0.3) is 0 Å². The second kappa shape index (κ2) is 8.49. The first-order chi connectivity index (χ1) is 14.3. The average Bonchev–Trinajstić information content (AvgIpc) is 3.23. The maximum Gasteiger partial charge on any atom is 0.353 e. The number of thioether (sulfide) groups is 1. The molecule has 0 saturated carbocycles. The number of rotatable bonds is 6. The summed E-state index contributed by atoms with van der Waals surface area (Å²) in [6.45, 7) is 5.89. The SMILES string of the molecule is C[C@@H](O)[C@H]1C(=O)N2C(C(=O)O)=C(S[C@@H]3CN[C@H](NC(=O)C4CCNCC4)C3)[C@H](C)[C@H]12. The van der Waals surface area contributed by atoms with Crippen molar-refractivity contribution in [3.8, 4) is 0 Å². The van der Waals surface area contributed by atoms with E-state index in [1.165, 1.54) is 16.7 Å². The molecule has 3 fully saturated rings. The molecule has 0 spiro atoms. The Kier molecular flexibility index (Phi) is 6.11. The van der Waals surface area contributed by atoms with Gasteiger partial charge in [-0.1, -0.05) is 6.92 Å². The zero-order valence-corrected chi connectivity index (χ0v) is 18.1. The molecule has 4 rings (SSSR count). The molecule has 3 saturated heterocycles. The van der Waals surface area contributed by atoms with E-state index < -0.39 is 18.0 Å². The van der Waals surface area contributed by atoms with Crippen molar-refractivity contribution in [3.05, 3.63) is 10.6 Å². The molecule has 0 aromatic rings. The fourth-order valence-electron chi connectivity index (χ4n) is 5.13. The Morgan fingerprint density at radius 2 is 2.00 bits per heavy atom. The van der Waals surface area contributed by atoms with Crippen LogP contribution in [-0.4, -0.2) is 76.1 Å². The maximum absolute atomic E-state index is 12.5. The van der Waals surface area contributed by atoms with Gasteiger partial charge in [0.25, 0.3) is 0 Å². The first-order valence-corrected chi connectivity index (χ1v) is 11.6. The zero-order valence-electron chi connectivity index (χ0n) is 17.3. The molecular formula is C20H30N4O5S. The number of fused-ring (bicyclic) bond motifs is 1. The van der Waals surface area contributed by atoms with E-state index in [1.54, 1.807) is 6.92 Å². The molecule has 30 heavy (non-hydrogen) atoms. The highest BCUT2D eigenvalue weighted by Gasteiger charge is 2.60. The van der Waals surface area contributed by atoms with Crippen molar-refractivity contribution >= 4 is 29.5 Å². The number of nitrogens with zero attached hydrogens (tertiary/aromatic N) is 1. The van der Waals surface area contributed by atoms with Crippen molar-refractivity contribution in [1.82, 2.24) is 20.9 Å². The standard InChI is InChI=1S/C20H30N4O5S/c1-9-15-14(10(2)25)19(27)24(15)16(20(28)29)17(9)30-12-7-13(22-8-12)23-18(26)11-3-5-21-6-4-11/h9-15,21-22,25H,3-8H2,1-2H3,(H,23,26)(H,28,29)/t9-,10-,12+,13-,14-,15-/m1/s1. The number of β-lactam (4-membered cyclic amide) rings is 1. The van der Waals surface area contributed by atoms with E-state index in [0.717, 1.165) is 25.9 Å². The van der Waals surface area contributed by atoms with Crippen LogP contribution in [0.1, 0.15) is 33.1 Å². The van der Waals surface area contributed by atoms with Gasteiger partial charge in [0.1, 0.15) is 5.70 Å². The highest BCUT2D eigenvalue weighted by Crippen LogP contribution is 2.51. The lowest BCUT2D eigenvalue weighted by Gasteiger charge is -2.46. The second-order valence-corrected chi connectivity index (χ2v) is 10.1. The number of hydrogen-bond donors (Lipinski definition) is 5. The average molecular weight is 439 g/mol. The molecule has 4 aliphatic rings. The van der Waals surface area contributed by atoms with Crippen LogP contribution in [0.4, 0.5) is 0 Å². The fraction of sp³-hybridized carbons (Fsp3) is 0.750. The molecule has 0 aromatic heterocycles. The molecule has 4 aliphatic heterocycles. The Morgan fingerprint density at radius 3 is 2.63 bits per heavy atom. The Bertz CT molecular complexity index is 766. The summed E-state index contributed by atoms with van der Waals surface area (Å²) in [6, 6.07) is -0.295. The molecule has 0 radical (unpaired) electrons. The molecule has 9 nitrogen and oxygen atoms in total. The molecule has 0 unspecified atom stereocenters. The van der Waals surface area contributed by atoms with Gasteiger partial charge >= 0.3 is 5.97 Å². The van der Waals surface area contributed by atoms with Crippen molar-refractivity contribution < 1.29 is 24.6 Å². The van der Waals surface area contributed by atoms with Crippen LogP contribution in [0, 0.1) is 17.8 Å². The lowest BCUT2D eigenvalue weighted by Crippen LogP contribution is -2.63. The maximum atomic E-state index is 12.5. The third kappa shape index (κ3) is 3.74. The fourth-order valence-corrected chi connectivity index (χ4v) is 6.61. The summed E-state index contributed by atoms with van der Waals surface area (Å²) >= 11 is 1.49. The van der Waals surface area contributed by atoms with E-state index >= 15 is 0 Å². The van der Waals surface area contributed by atoms with Crippen molar-refractivity contribution in [3.63, 3.8) is 0 Å². The lowest BCUT2D eigenvalue weighted by molar-refractivity contribution is -0.163. The molecule has 0 aliphatic carbocycles. The summed E-state index contributed by atoms with van der Waals surface area (Å²) in [7, 11) is 0. The molecule has 6 atom stereocenters. The van der Waals surface area contributed by atoms with E-state index in [2.05, 4.69) is 16.0 Å². The van der Waals surface area contributed by atoms with Gasteiger partial charge < -0.3 is 25.7 Å². The highest BCUT2D eigenvalue weighted by atomic mass is 32.2. The normalized spacial score (nSPS) is 35.2. The van der Waals surface area contributed by atoms with E-state index in [0.29, 0.717) is 17.9 Å². The monoisotopic (exact) mass is 438 g/mol. The molecule has 166 valence electrons. The minimum atomic E-state index is -1.11.